The van der Waals surface area contributed by atoms with Crippen molar-refractivity contribution < 1.29 is 13.2 Å². The van der Waals surface area contributed by atoms with Gasteiger partial charge in [0.15, 0.2) is 0 Å². The minimum atomic E-state index is -3.83. The molecule has 0 atom stereocenters. The molecule has 3 aromatic carbocycles. The molecule has 31 heavy (non-hydrogen) atoms. The second kappa shape index (κ2) is 8.50. The van der Waals surface area contributed by atoms with Crippen LogP contribution in [0.1, 0.15) is 0 Å². The summed E-state index contributed by atoms with van der Waals surface area (Å²) in [4.78, 5) is 20.5. The highest BCUT2D eigenvalue weighted by Gasteiger charge is 2.23. The number of imidazole rings is 1. The van der Waals surface area contributed by atoms with Crippen LogP contribution in [0.15, 0.2) is 77.7 Å². The minimum Gasteiger partial charge on any atom is -0.338 e. The van der Waals surface area contributed by atoms with Crippen molar-refractivity contribution in [3.8, 4) is 11.4 Å². The molecule has 0 unspecified atom stereocenters. The number of likely N-dealkylation sites (N-methyl/N-ethyl adjacent to an activating group) is 1. The highest BCUT2D eigenvalue weighted by atomic mass is 35.5. The number of aromatic amines is 1. The van der Waals surface area contributed by atoms with Gasteiger partial charge in [-0.1, -0.05) is 35.9 Å². The van der Waals surface area contributed by atoms with Gasteiger partial charge >= 0.3 is 0 Å². The summed E-state index contributed by atoms with van der Waals surface area (Å²) in [6.07, 6.45) is 0. The Hall–Kier alpha value is -3.20. The standard InChI is InChI=1S/C22H19ClN4O3S/c1-27(31(29,30)16-12-10-15(23)11-13-16)14-21(28)24-18-7-3-2-6-17(18)22-25-19-8-4-5-9-20(19)26-22/h2-13H,14H2,1H3,(H,24,28)(H,25,26). The highest BCUT2D eigenvalue weighted by molar-refractivity contribution is 7.89. The summed E-state index contributed by atoms with van der Waals surface area (Å²) < 4.78 is 26.4. The number of halogens is 1. The molecule has 2 N–H and O–H groups in total. The Kier molecular flexibility index (Phi) is 5.77. The molecule has 1 heterocycles. The largest absolute Gasteiger partial charge is 0.338 e. The number of H-pyrrole nitrogens is 1. The third-order valence-electron chi connectivity index (χ3n) is 4.73. The number of sulfonamides is 1. The maximum Gasteiger partial charge on any atom is 0.243 e. The summed E-state index contributed by atoms with van der Waals surface area (Å²) in [5, 5.41) is 3.22. The van der Waals surface area contributed by atoms with Crippen LogP contribution in [0.25, 0.3) is 22.4 Å². The van der Waals surface area contributed by atoms with E-state index >= 15 is 0 Å². The molecular weight excluding hydrogens is 436 g/mol. The van der Waals surface area contributed by atoms with Crippen LogP contribution in [0.2, 0.25) is 5.02 Å². The Morgan fingerprint density at radius 1 is 1.03 bits per heavy atom. The quantitative estimate of drug-likeness (QED) is 0.457. The molecule has 0 aliphatic rings. The van der Waals surface area contributed by atoms with Crippen LogP contribution in [-0.4, -0.2) is 42.2 Å². The van der Waals surface area contributed by atoms with Crippen molar-refractivity contribution in [2.24, 2.45) is 0 Å². The normalized spacial score (nSPS) is 11.7. The zero-order valence-corrected chi connectivity index (χ0v) is 18.1. The molecule has 0 fully saturated rings. The topological polar surface area (TPSA) is 95.2 Å². The number of nitrogens with zero attached hydrogens (tertiary/aromatic N) is 2. The number of carbonyl (C=O) groups excluding carboxylic acids is 1. The van der Waals surface area contributed by atoms with Crippen molar-refractivity contribution in [1.29, 1.82) is 0 Å². The summed E-state index contributed by atoms with van der Waals surface area (Å²) >= 11 is 5.83. The Labute approximate surface area is 184 Å². The summed E-state index contributed by atoms with van der Waals surface area (Å²) in [6, 6.07) is 20.6. The number of hydrogen-bond donors (Lipinski definition) is 2. The van der Waals surface area contributed by atoms with Crippen LogP contribution in [0.3, 0.4) is 0 Å². The minimum absolute atomic E-state index is 0.0647. The average molecular weight is 455 g/mol. The maximum atomic E-state index is 12.7. The maximum absolute atomic E-state index is 12.7. The first-order chi connectivity index (χ1) is 14.8. The summed E-state index contributed by atoms with van der Waals surface area (Å²) in [6.45, 7) is -0.348. The van der Waals surface area contributed by atoms with E-state index in [2.05, 4.69) is 15.3 Å². The Morgan fingerprint density at radius 2 is 1.71 bits per heavy atom. The fourth-order valence-corrected chi connectivity index (χ4v) is 4.40. The number of amides is 1. The van der Waals surface area contributed by atoms with Crippen molar-refractivity contribution in [2.45, 2.75) is 4.90 Å². The average Bonchev–Trinajstić information content (AvgIpc) is 3.18. The lowest BCUT2D eigenvalue weighted by atomic mass is 10.1. The lowest BCUT2D eigenvalue weighted by Gasteiger charge is -2.17. The van der Waals surface area contributed by atoms with Crippen LogP contribution >= 0.6 is 11.6 Å². The van der Waals surface area contributed by atoms with Gasteiger partial charge in [-0.2, -0.15) is 4.31 Å². The molecule has 0 radical (unpaired) electrons. The lowest BCUT2D eigenvalue weighted by Crippen LogP contribution is -2.35. The van der Waals surface area contributed by atoms with Gasteiger partial charge in [-0.3, -0.25) is 4.79 Å². The number of carbonyl (C=O) groups is 1. The van der Waals surface area contributed by atoms with Crippen molar-refractivity contribution in [2.75, 3.05) is 18.9 Å². The molecule has 7 nitrogen and oxygen atoms in total. The monoisotopic (exact) mass is 454 g/mol. The molecule has 1 amide bonds. The molecule has 0 bridgehead atoms. The second-order valence-electron chi connectivity index (χ2n) is 6.91. The van der Waals surface area contributed by atoms with E-state index in [0.29, 0.717) is 22.1 Å². The van der Waals surface area contributed by atoms with Gasteiger partial charge < -0.3 is 10.3 Å². The third kappa shape index (κ3) is 4.46. The Balaban J connectivity index is 1.53. The van der Waals surface area contributed by atoms with E-state index in [1.807, 2.05) is 36.4 Å². The number of nitrogens with one attached hydrogen (secondary N) is 2. The van der Waals surface area contributed by atoms with Crippen molar-refractivity contribution >= 4 is 44.3 Å². The van der Waals surface area contributed by atoms with Crippen molar-refractivity contribution in [3.05, 3.63) is 77.8 Å². The number of hydrogen-bond acceptors (Lipinski definition) is 4. The van der Waals surface area contributed by atoms with Gasteiger partial charge in [-0.25, -0.2) is 13.4 Å². The molecule has 1 aromatic heterocycles. The summed E-state index contributed by atoms with van der Waals surface area (Å²) in [5.41, 5.74) is 2.93. The van der Waals surface area contributed by atoms with Gasteiger partial charge in [-0.05, 0) is 48.5 Å². The zero-order chi connectivity index (χ0) is 22.0. The van der Waals surface area contributed by atoms with Crippen LogP contribution in [0, 0.1) is 0 Å². The zero-order valence-electron chi connectivity index (χ0n) is 16.5. The van der Waals surface area contributed by atoms with Crippen molar-refractivity contribution in [1.82, 2.24) is 14.3 Å². The number of rotatable bonds is 6. The Bertz CT molecular complexity index is 1320. The molecule has 4 aromatic rings. The predicted molar refractivity (Wildman–Crippen MR) is 121 cm³/mol. The molecule has 158 valence electrons. The number of para-hydroxylation sites is 3. The fourth-order valence-electron chi connectivity index (χ4n) is 3.14. The summed E-state index contributed by atoms with van der Waals surface area (Å²) in [5.74, 6) is 0.142. The fraction of sp³-hybridized carbons (Fsp3) is 0.0909. The predicted octanol–water partition coefficient (Wildman–Crippen LogP) is 4.14. The molecule has 0 aliphatic heterocycles. The van der Waals surface area contributed by atoms with E-state index in [4.69, 9.17) is 11.6 Å². The highest BCUT2D eigenvalue weighted by Crippen LogP contribution is 2.27. The molecule has 4 rings (SSSR count). The molecular formula is C22H19ClN4O3S. The first kappa shape index (κ1) is 21.0. The van der Waals surface area contributed by atoms with Gasteiger partial charge in [0.1, 0.15) is 5.82 Å². The molecule has 0 saturated carbocycles. The number of anilines is 1. The number of fused-ring (bicyclic) bond motifs is 1. The van der Waals surface area contributed by atoms with Crippen LogP contribution in [0.5, 0.6) is 0 Å². The van der Waals surface area contributed by atoms with E-state index in [-0.39, 0.29) is 11.4 Å². The van der Waals surface area contributed by atoms with E-state index in [1.165, 1.54) is 31.3 Å². The van der Waals surface area contributed by atoms with Crippen LogP contribution < -0.4 is 5.32 Å². The Morgan fingerprint density at radius 3 is 2.45 bits per heavy atom. The van der Waals surface area contributed by atoms with E-state index in [9.17, 15) is 13.2 Å². The van der Waals surface area contributed by atoms with E-state index < -0.39 is 15.9 Å². The molecule has 0 aliphatic carbocycles. The second-order valence-corrected chi connectivity index (χ2v) is 9.39. The lowest BCUT2D eigenvalue weighted by molar-refractivity contribution is -0.116. The van der Waals surface area contributed by atoms with Gasteiger partial charge in [0.2, 0.25) is 15.9 Å². The number of benzene rings is 3. The summed E-state index contributed by atoms with van der Waals surface area (Å²) in [7, 11) is -2.47. The first-order valence-electron chi connectivity index (χ1n) is 9.40. The van der Waals surface area contributed by atoms with E-state index in [1.54, 1.807) is 12.1 Å². The van der Waals surface area contributed by atoms with Crippen molar-refractivity contribution in [3.63, 3.8) is 0 Å². The van der Waals surface area contributed by atoms with Crippen LogP contribution in [0.4, 0.5) is 5.69 Å². The first-order valence-corrected chi connectivity index (χ1v) is 11.2. The molecule has 0 saturated heterocycles. The van der Waals surface area contributed by atoms with Gasteiger partial charge in [0, 0.05) is 17.6 Å². The molecule has 9 heteroatoms. The third-order valence-corrected chi connectivity index (χ3v) is 6.80. The van der Waals surface area contributed by atoms with Gasteiger partial charge in [0.25, 0.3) is 0 Å². The smallest absolute Gasteiger partial charge is 0.243 e. The van der Waals surface area contributed by atoms with Gasteiger partial charge in [0.05, 0.1) is 28.2 Å². The van der Waals surface area contributed by atoms with Crippen LogP contribution in [-0.2, 0) is 14.8 Å². The van der Waals surface area contributed by atoms with E-state index in [0.717, 1.165) is 15.3 Å². The molecule has 0 spiro atoms. The number of aromatic nitrogens is 2. The SMILES string of the molecule is CN(CC(=O)Nc1ccccc1-c1nc2ccccc2[nH]1)S(=O)(=O)c1ccc(Cl)cc1. The van der Waals surface area contributed by atoms with Gasteiger partial charge in [-0.15, -0.1) is 0 Å².